The van der Waals surface area contributed by atoms with Crippen molar-refractivity contribution in [3.63, 3.8) is 0 Å². The number of nitrogens with zero attached hydrogens (tertiary/aromatic N) is 2. The van der Waals surface area contributed by atoms with E-state index in [0.717, 1.165) is 41.0 Å². The maximum atomic E-state index is 6.31. The fourth-order valence-corrected chi connectivity index (χ4v) is 3.80. The first-order valence-corrected chi connectivity index (χ1v) is 10.3. The topological polar surface area (TPSA) is 53.5 Å². The first-order chi connectivity index (χ1) is 14.8. The van der Waals surface area contributed by atoms with Crippen molar-refractivity contribution in [2.45, 2.75) is 31.8 Å². The van der Waals surface area contributed by atoms with Gasteiger partial charge < -0.3 is 14.2 Å². The zero-order valence-electron chi connectivity index (χ0n) is 17.4. The highest BCUT2D eigenvalue weighted by Gasteiger charge is 2.19. The van der Waals surface area contributed by atoms with Crippen LogP contribution in [0.1, 0.15) is 42.5 Å². The highest BCUT2D eigenvalue weighted by Crippen LogP contribution is 2.36. The van der Waals surface area contributed by atoms with Gasteiger partial charge in [0.25, 0.3) is 0 Å². The van der Waals surface area contributed by atoms with E-state index in [0.29, 0.717) is 11.6 Å². The lowest BCUT2D eigenvalue weighted by atomic mass is 9.96. The molecule has 5 heteroatoms. The standard InChI is InChI=1S/C25H26N2O3/c1-28-23-13-12-19(16-24(23)30-20-10-6-7-11-20)21(18-8-4-3-5-9-18)17-22-25(29-2)27-15-14-26-22/h3-5,8-9,12-17,20H,6-7,10-11H2,1-2H3/b21-17+. The number of rotatable bonds is 7. The molecule has 0 atom stereocenters. The summed E-state index contributed by atoms with van der Waals surface area (Å²) in [5, 5.41) is 0. The van der Waals surface area contributed by atoms with Crippen LogP contribution >= 0.6 is 0 Å². The van der Waals surface area contributed by atoms with Gasteiger partial charge in [-0.05, 0) is 60.6 Å². The molecule has 1 saturated carbocycles. The predicted octanol–water partition coefficient (Wildman–Crippen LogP) is 5.40. The minimum Gasteiger partial charge on any atom is -0.493 e. The lowest BCUT2D eigenvalue weighted by Gasteiger charge is -2.18. The molecule has 1 aliphatic carbocycles. The van der Waals surface area contributed by atoms with Crippen molar-refractivity contribution in [2.75, 3.05) is 14.2 Å². The van der Waals surface area contributed by atoms with Gasteiger partial charge in [0.2, 0.25) is 5.88 Å². The van der Waals surface area contributed by atoms with E-state index >= 15 is 0 Å². The maximum absolute atomic E-state index is 6.31. The van der Waals surface area contributed by atoms with Gasteiger partial charge in [0.15, 0.2) is 11.5 Å². The van der Waals surface area contributed by atoms with Crippen molar-refractivity contribution in [2.24, 2.45) is 0 Å². The Labute approximate surface area is 177 Å². The Balaban J connectivity index is 1.80. The molecular weight excluding hydrogens is 376 g/mol. The van der Waals surface area contributed by atoms with Gasteiger partial charge in [-0.25, -0.2) is 9.97 Å². The number of hydrogen-bond donors (Lipinski definition) is 0. The van der Waals surface area contributed by atoms with Crippen LogP contribution in [-0.2, 0) is 0 Å². The molecule has 0 aliphatic heterocycles. The van der Waals surface area contributed by atoms with Gasteiger partial charge in [0, 0.05) is 12.4 Å². The third-order valence-corrected chi connectivity index (χ3v) is 5.32. The summed E-state index contributed by atoms with van der Waals surface area (Å²) in [4.78, 5) is 8.74. The monoisotopic (exact) mass is 402 g/mol. The van der Waals surface area contributed by atoms with E-state index in [2.05, 4.69) is 28.2 Å². The van der Waals surface area contributed by atoms with Gasteiger partial charge in [0.05, 0.1) is 20.3 Å². The highest BCUT2D eigenvalue weighted by molar-refractivity contribution is 5.92. The lowest BCUT2D eigenvalue weighted by Crippen LogP contribution is -2.11. The smallest absolute Gasteiger partial charge is 0.239 e. The van der Waals surface area contributed by atoms with E-state index in [1.165, 1.54) is 12.8 Å². The summed E-state index contributed by atoms with van der Waals surface area (Å²) >= 11 is 0. The number of benzene rings is 2. The van der Waals surface area contributed by atoms with Crippen LogP contribution in [0.25, 0.3) is 11.6 Å². The largest absolute Gasteiger partial charge is 0.493 e. The summed E-state index contributed by atoms with van der Waals surface area (Å²) in [5.74, 6) is 2.01. The highest BCUT2D eigenvalue weighted by atomic mass is 16.5. The molecule has 1 fully saturated rings. The van der Waals surface area contributed by atoms with Crippen LogP contribution in [0.5, 0.6) is 17.4 Å². The summed E-state index contributed by atoms with van der Waals surface area (Å²) < 4.78 is 17.3. The first kappa shape index (κ1) is 20.0. The molecule has 1 aromatic heterocycles. The van der Waals surface area contributed by atoms with E-state index in [-0.39, 0.29) is 6.10 Å². The summed E-state index contributed by atoms with van der Waals surface area (Å²) in [7, 11) is 3.28. The van der Waals surface area contributed by atoms with Crippen LogP contribution in [0.2, 0.25) is 0 Å². The summed E-state index contributed by atoms with van der Waals surface area (Å²) in [5.41, 5.74) is 3.77. The summed E-state index contributed by atoms with van der Waals surface area (Å²) in [6.07, 6.45) is 10.2. The SMILES string of the molecule is COc1ccc(/C(=C/c2nccnc2OC)c2ccccc2)cc1OC1CCCC1. The lowest BCUT2D eigenvalue weighted by molar-refractivity contribution is 0.201. The second-order valence-electron chi connectivity index (χ2n) is 7.26. The van der Waals surface area contributed by atoms with E-state index in [4.69, 9.17) is 14.2 Å². The van der Waals surface area contributed by atoms with Crippen LogP contribution in [0.15, 0.2) is 60.9 Å². The summed E-state index contributed by atoms with van der Waals surface area (Å²) in [6.45, 7) is 0. The summed E-state index contributed by atoms with van der Waals surface area (Å²) in [6, 6.07) is 16.3. The van der Waals surface area contributed by atoms with Gasteiger partial charge in [0.1, 0.15) is 5.69 Å². The second-order valence-corrected chi connectivity index (χ2v) is 7.26. The Kier molecular flexibility index (Phi) is 6.28. The molecular formula is C25H26N2O3. The normalized spacial score (nSPS) is 14.5. The average Bonchev–Trinajstić information content (AvgIpc) is 3.31. The van der Waals surface area contributed by atoms with Crippen molar-refractivity contribution in [3.05, 3.63) is 77.7 Å². The van der Waals surface area contributed by atoms with Crippen LogP contribution in [0.3, 0.4) is 0 Å². The number of methoxy groups -OCH3 is 2. The van der Waals surface area contributed by atoms with Crippen LogP contribution in [0, 0.1) is 0 Å². The molecule has 2 aromatic carbocycles. The van der Waals surface area contributed by atoms with Gasteiger partial charge in [-0.1, -0.05) is 36.4 Å². The van der Waals surface area contributed by atoms with Crippen LogP contribution in [0.4, 0.5) is 0 Å². The molecule has 0 radical (unpaired) electrons. The molecule has 30 heavy (non-hydrogen) atoms. The Morgan fingerprint density at radius 3 is 2.37 bits per heavy atom. The maximum Gasteiger partial charge on any atom is 0.239 e. The second kappa shape index (κ2) is 9.44. The van der Waals surface area contributed by atoms with Gasteiger partial charge in [-0.15, -0.1) is 0 Å². The molecule has 0 amide bonds. The van der Waals surface area contributed by atoms with Crippen molar-refractivity contribution < 1.29 is 14.2 Å². The molecule has 1 heterocycles. The molecule has 0 N–H and O–H groups in total. The van der Waals surface area contributed by atoms with Crippen molar-refractivity contribution in [1.29, 1.82) is 0 Å². The predicted molar refractivity (Wildman–Crippen MR) is 118 cm³/mol. The average molecular weight is 402 g/mol. The van der Waals surface area contributed by atoms with Gasteiger partial charge in [-0.3, -0.25) is 0 Å². The first-order valence-electron chi connectivity index (χ1n) is 10.3. The van der Waals surface area contributed by atoms with Gasteiger partial charge >= 0.3 is 0 Å². The fourth-order valence-electron chi connectivity index (χ4n) is 3.80. The molecule has 3 aromatic rings. The molecule has 0 saturated heterocycles. The molecule has 5 nitrogen and oxygen atoms in total. The third kappa shape index (κ3) is 4.46. The number of hydrogen-bond acceptors (Lipinski definition) is 5. The van der Waals surface area contributed by atoms with E-state index in [1.807, 2.05) is 36.4 Å². The van der Waals surface area contributed by atoms with E-state index in [1.54, 1.807) is 26.6 Å². The minimum atomic E-state index is 0.249. The Bertz CT molecular complexity index is 1010. The van der Waals surface area contributed by atoms with Crippen molar-refractivity contribution in [1.82, 2.24) is 9.97 Å². The molecule has 154 valence electrons. The van der Waals surface area contributed by atoms with Crippen molar-refractivity contribution >= 4 is 11.6 Å². The Morgan fingerprint density at radius 1 is 0.867 bits per heavy atom. The molecule has 0 spiro atoms. The quantitative estimate of drug-likeness (QED) is 0.529. The Hall–Kier alpha value is -3.34. The fraction of sp³-hybridized carbons (Fsp3) is 0.280. The minimum absolute atomic E-state index is 0.249. The van der Waals surface area contributed by atoms with Gasteiger partial charge in [-0.2, -0.15) is 0 Å². The molecule has 0 unspecified atom stereocenters. The van der Waals surface area contributed by atoms with E-state index in [9.17, 15) is 0 Å². The molecule has 0 bridgehead atoms. The van der Waals surface area contributed by atoms with Crippen LogP contribution in [-0.4, -0.2) is 30.3 Å². The van der Waals surface area contributed by atoms with Crippen molar-refractivity contribution in [3.8, 4) is 17.4 Å². The van der Waals surface area contributed by atoms with Crippen LogP contribution < -0.4 is 14.2 Å². The zero-order valence-corrected chi connectivity index (χ0v) is 17.4. The molecule has 4 rings (SSSR count). The van der Waals surface area contributed by atoms with E-state index < -0.39 is 0 Å². The number of aromatic nitrogens is 2. The molecule has 1 aliphatic rings. The zero-order chi connectivity index (χ0) is 20.8. The Morgan fingerprint density at radius 2 is 1.63 bits per heavy atom. The number of ether oxygens (including phenoxy) is 3. The third-order valence-electron chi connectivity index (χ3n) is 5.32.